The van der Waals surface area contributed by atoms with Crippen LogP contribution < -0.4 is 18.3 Å². The number of nitrogens with zero attached hydrogens (tertiary/aromatic N) is 4. The second-order valence-electron chi connectivity index (χ2n) is 23.2. The van der Waals surface area contributed by atoms with E-state index in [0.717, 1.165) is 22.0 Å². The molecule has 418 valence electrons. The third kappa shape index (κ3) is 13.0. The van der Waals surface area contributed by atoms with E-state index in [0.29, 0.717) is 5.56 Å². The molecule has 0 N–H and O–H groups in total. The summed E-state index contributed by atoms with van der Waals surface area (Å²) in [6.07, 6.45) is 8.51. The standard InChI is InChI=1S/2C22H26N.C18H18N.C17H16N/c2*1-14(2)18-7-8-20-19(13-18)9-10-23(6)22(20)21-12-15(3)11-16(4)17(21)5;1-13-8-9-17(14(2)10-13)18-11-15-6-4-5-7-16(15)12-19(18)3;1-13-7-3-6-10-16(13)17-11-14-8-4-5-9-15(14)12-18(17)2/h2*7-14H,1-6H3;4-12H,1-3H3;3-12H,1-2H3/q4*+1/i1D3,14D;14D;;. The highest BCUT2D eigenvalue weighted by Crippen LogP contribution is 2.34. The molecule has 1 atom stereocenters. The number of hydrogen-bond acceptors (Lipinski definition) is 0. The number of rotatable bonds is 6. The number of aromatic nitrogens is 4. The molecule has 4 nitrogen and oxygen atoms in total. The van der Waals surface area contributed by atoms with Crippen LogP contribution in [0.4, 0.5) is 0 Å². The van der Waals surface area contributed by atoms with Gasteiger partial charge in [0.25, 0.3) is 0 Å². The van der Waals surface area contributed by atoms with E-state index >= 15 is 0 Å². The Morgan fingerprint density at radius 2 is 0.759 bits per heavy atom. The first-order valence-corrected chi connectivity index (χ1v) is 28.9. The van der Waals surface area contributed by atoms with Crippen molar-refractivity contribution in [2.45, 2.75) is 102 Å². The molecule has 0 aliphatic heterocycles. The number of aryl methyl sites for hydroxylation is 11. The lowest BCUT2D eigenvalue weighted by Crippen LogP contribution is -2.30. The zero-order valence-electron chi connectivity index (χ0n) is 56.8. The Morgan fingerprint density at radius 1 is 0.337 bits per heavy atom. The average Bonchev–Trinajstić information content (AvgIpc) is 0.882. The number of hydrogen-bond donors (Lipinski definition) is 0. The molecule has 12 aromatic rings. The SMILES string of the molecule is Cc1ccc(-c2cc3ccccc3c[n+]2C)c(C)c1.Cc1ccccc1-c1cc2ccccc2c[n+]1C.[2H]C(C)(C)c1ccc2c(-c3cc(C)cc(C)c3C)[n+](C)ccc2c1.[2H]C([2H])([2H])C([2H])(C)c1ccc2c(-c3cc(C)cc(C)c3C)[n+](C)ccc2c1. The molecule has 83 heavy (non-hydrogen) atoms. The van der Waals surface area contributed by atoms with E-state index < -0.39 is 18.6 Å². The maximum Gasteiger partial charge on any atom is 0.220 e. The predicted molar refractivity (Wildman–Crippen MR) is 353 cm³/mol. The minimum Gasteiger partial charge on any atom is -0.200 e. The summed E-state index contributed by atoms with van der Waals surface area (Å²) in [6, 6.07) is 61.7. The first-order valence-electron chi connectivity index (χ1n) is 31.4. The second kappa shape index (κ2) is 25.3. The van der Waals surface area contributed by atoms with Crippen molar-refractivity contribution in [1.82, 2.24) is 0 Å². The molecule has 0 bridgehead atoms. The molecule has 0 radical (unpaired) electrons. The Hall–Kier alpha value is -8.60. The molecule has 0 saturated heterocycles. The fourth-order valence-corrected chi connectivity index (χ4v) is 11.6. The van der Waals surface area contributed by atoms with Crippen molar-refractivity contribution >= 4 is 43.1 Å². The van der Waals surface area contributed by atoms with Gasteiger partial charge in [0.2, 0.25) is 22.8 Å². The first kappa shape index (κ1) is 52.5. The molecule has 0 saturated carbocycles. The summed E-state index contributed by atoms with van der Waals surface area (Å²) in [5.41, 5.74) is 23.1. The van der Waals surface area contributed by atoms with Gasteiger partial charge in [-0.3, -0.25) is 0 Å². The third-order valence-corrected chi connectivity index (χ3v) is 16.5. The minimum absolute atomic E-state index is 0.506. The molecular weight excluding hydrogens is 1000 g/mol. The highest BCUT2D eigenvalue weighted by Gasteiger charge is 2.22. The van der Waals surface area contributed by atoms with Crippen molar-refractivity contribution in [2.24, 2.45) is 28.2 Å². The normalized spacial score (nSPS) is 13.0. The van der Waals surface area contributed by atoms with Gasteiger partial charge in [-0.1, -0.05) is 147 Å². The molecule has 0 fully saturated rings. The van der Waals surface area contributed by atoms with Crippen LogP contribution in [0, 0.1) is 62.3 Å². The van der Waals surface area contributed by atoms with Crippen LogP contribution in [0.25, 0.3) is 88.1 Å². The van der Waals surface area contributed by atoms with Crippen LogP contribution in [0.15, 0.2) is 201 Å². The van der Waals surface area contributed by atoms with Crippen molar-refractivity contribution in [1.29, 1.82) is 0 Å². The van der Waals surface area contributed by atoms with Gasteiger partial charge in [-0.2, -0.15) is 0 Å². The van der Waals surface area contributed by atoms with Gasteiger partial charge in [-0.05, 0) is 189 Å². The summed E-state index contributed by atoms with van der Waals surface area (Å²) in [7, 11) is 8.35. The van der Waals surface area contributed by atoms with Crippen molar-refractivity contribution < 1.29 is 25.1 Å². The van der Waals surface area contributed by atoms with Crippen LogP contribution in [0.2, 0.25) is 0 Å². The van der Waals surface area contributed by atoms with Crippen LogP contribution in [-0.2, 0) is 28.2 Å². The van der Waals surface area contributed by atoms with E-state index in [2.05, 4.69) is 272 Å². The summed E-state index contributed by atoms with van der Waals surface area (Å²) in [6.45, 7) is 22.3. The molecule has 0 aliphatic carbocycles. The molecule has 4 heteroatoms. The maximum absolute atomic E-state index is 8.38. The Kier molecular flexibility index (Phi) is 16.0. The summed E-state index contributed by atoms with van der Waals surface area (Å²) in [5.74, 6) is -2.22. The lowest BCUT2D eigenvalue weighted by Gasteiger charge is -2.12. The largest absolute Gasteiger partial charge is 0.220 e. The Morgan fingerprint density at radius 3 is 1.20 bits per heavy atom. The molecule has 12 rings (SSSR count). The summed E-state index contributed by atoms with van der Waals surface area (Å²) >= 11 is 0. The van der Waals surface area contributed by atoms with Gasteiger partial charge in [0.05, 0.1) is 21.9 Å². The second-order valence-corrected chi connectivity index (χ2v) is 23.2. The molecule has 4 heterocycles. The molecule has 0 aliphatic rings. The van der Waals surface area contributed by atoms with Gasteiger partial charge in [0.1, 0.15) is 28.2 Å². The zero-order valence-corrected chi connectivity index (χ0v) is 51.8. The van der Waals surface area contributed by atoms with E-state index in [1.807, 2.05) is 45.3 Å². The fourth-order valence-electron chi connectivity index (χ4n) is 11.6. The van der Waals surface area contributed by atoms with Crippen LogP contribution in [0.1, 0.15) is 107 Å². The number of pyridine rings is 4. The van der Waals surface area contributed by atoms with Gasteiger partial charge >= 0.3 is 0 Å². The Labute approximate surface area is 502 Å². The van der Waals surface area contributed by atoms with Crippen molar-refractivity contribution in [3.8, 4) is 45.0 Å². The van der Waals surface area contributed by atoms with Crippen molar-refractivity contribution in [2.75, 3.05) is 0 Å². The van der Waals surface area contributed by atoms with E-state index in [4.69, 9.17) is 6.85 Å². The van der Waals surface area contributed by atoms with Gasteiger partial charge < -0.3 is 0 Å². The highest BCUT2D eigenvalue weighted by atomic mass is 14.9. The van der Waals surface area contributed by atoms with Gasteiger partial charge in [-0.25, -0.2) is 18.3 Å². The smallest absolute Gasteiger partial charge is 0.200 e. The topological polar surface area (TPSA) is 15.5 Å². The average molecular weight is 1100 g/mol. The molecule has 4 aromatic heterocycles. The molecular formula is C79H86N4+4. The third-order valence-electron chi connectivity index (χ3n) is 16.5. The van der Waals surface area contributed by atoms with E-state index in [9.17, 15) is 0 Å². The van der Waals surface area contributed by atoms with Crippen molar-refractivity contribution in [3.05, 3.63) is 262 Å². The van der Waals surface area contributed by atoms with Crippen LogP contribution in [0.5, 0.6) is 0 Å². The minimum atomic E-state index is -2.38. The summed E-state index contributed by atoms with van der Waals surface area (Å²) in [5, 5.41) is 9.56. The van der Waals surface area contributed by atoms with Gasteiger partial charge in [0, 0.05) is 53.0 Å². The first-order chi connectivity index (χ1) is 41.5. The van der Waals surface area contributed by atoms with E-state index in [-0.39, 0.29) is 0 Å². The van der Waals surface area contributed by atoms with Crippen LogP contribution >= 0.6 is 0 Å². The monoisotopic (exact) mass is 1100 g/mol. The molecule has 1 unspecified atom stereocenters. The number of fused-ring (bicyclic) bond motifs is 4. The zero-order chi connectivity index (χ0) is 63.7. The fraction of sp³-hybridized carbons (Fsp3) is 0.241. The predicted octanol–water partition coefficient (Wildman–Crippen LogP) is 18.3. The highest BCUT2D eigenvalue weighted by molar-refractivity contribution is 5.95. The summed E-state index contributed by atoms with van der Waals surface area (Å²) < 4.78 is 48.5. The quantitative estimate of drug-likeness (QED) is 0.148. The Bertz CT molecular complexity index is 4610. The molecule has 0 spiro atoms. The van der Waals surface area contributed by atoms with E-state index in [1.165, 1.54) is 129 Å². The van der Waals surface area contributed by atoms with Gasteiger partial charge in [-0.15, -0.1) is 0 Å². The summed E-state index contributed by atoms with van der Waals surface area (Å²) in [4.78, 5) is 0. The Balaban J connectivity index is 0.000000141. The van der Waals surface area contributed by atoms with E-state index in [1.54, 1.807) is 6.07 Å². The van der Waals surface area contributed by atoms with Crippen LogP contribution in [-0.4, -0.2) is 0 Å². The van der Waals surface area contributed by atoms with Crippen LogP contribution in [0.3, 0.4) is 0 Å². The number of benzene rings is 8. The molecule has 0 amide bonds. The lowest BCUT2D eigenvalue weighted by molar-refractivity contribution is -0.659. The van der Waals surface area contributed by atoms with Crippen molar-refractivity contribution in [3.63, 3.8) is 0 Å². The van der Waals surface area contributed by atoms with Gasteiger partial charge in [0.15, 0.2) is 24.8 Å². The lowest BCUT2D eigenvalue weighted by atomic mass is 9.93. The maximum atomic E-state index is 8.38. The molecule has 8 aromatic carbocycles.